The monoisotopic (exact) mass is 228 g/mol. The molecule has 1 nitrogen and oxygen atoms in total. The molecular formula is C16H20O. The normalized spacial score (nSPS) is 29.7. The van der Waals surface area contributed by atoms with E-state index in [0.717, 1.165) is 6.42 Å². The first-order valence-corrected chi connectivity index (χ1v) is 6.79. The van der Waals surface area contributed by atoms with E-state index in [1.807, 2.05) is 0 Å². The maximum absolute atomic E-state index is 12.2. The quantitative estimate of drug-likeness (QED) is 0.773. The molecule has 0 bridgehead atoms. The van der Waals surface area contributed by atoms with Crippen molar-refractivity contribution in [2.45, 2.75) is 39.0 Å². The number of aryl methyl sites for hydroxylation is 1. The molecule has 3 rings (SSSR count). The van der Waals surface area contributed by atoms with Crippen LogP contribution in [0.3, 0.4) is 0 Å². The van der Waals surface area contributed by atoms with E-state index in [-0.39, 0.29) is 0 Å². The number of Topliss-reactive ketones (excluding diaryl/α,β-unsaturated/α-hetero) is 1. The van der Waals surface area contributed by atoms with Crippen LogP contribution in [0, 0.1) is 17.8 Å². The fourth-order valence-corrected chi connectivity index (χ4v) is 3.54. The smallest absolute Gasteiger partial charge is 0.137 e. The molecule has 0 spiro atoms. The predicted molar refractivity (Wildman–Crippen MR) is 68.9 cm³/mol. The Hall–Kier alpha value is -1.11. The van der Waals surface area contributed by atoms with Crippen molar-refractivity contribution in [1.82, 2.24) is 0 Å². The largest absolute Gasteiger partial charge is 0.299 e. The van der Waals surface area contributed by atoms with E-state index in [9.17, 15) is 4.79 Å². The van der Waals surface area contributed by atoms with Gasteiger partial charge in [-0.1, -0.05) is 38.1 Å². The second kappa shape index (κ2) is 3.97. The second-order valence-electron chi connectivity index (χ2n) is 6.02. The number of carbonyl (C=O) groups excluding carboxylic acids is 1. The van der Waals surface area contributed by atoms with Crippen molar-refractivity contribution in [3.8, 4) is 0 Å². The van der Waals surface area contributed by atoms with E-state index in [1.54, 1.807) is 0 Å². The van der Waals surface area contributed by atoms with Gasteiger partial charge in [0.25, 0.3) is 0 Å². The zero-order valence-electron chi connectivity index (χ0n) is 10.6. The summed E-state index contributed by atoms with van der Waals surface area (Å²) in [6.07, 6.45) is 3.15. The van der Waals surface area contributed by atoms with Gasteiger partial charge >= 0.3 is 0 Å². The van der Waals surface area contributed by atoms with Gasteiger partial charge in [0.05, 0.1) is 0 Å². The third-order valence-electron chi connectivity index (χ3n) is 4.31. The molecule has 90 valence electrons. The lowest BCUT2D eigenvalue weighted by molar-refractivity contribution is -0.121. The Labute approximate surface area is 103 Å². The van der Waals surface area contributed by atoms with E-state index < -0.39 is 0 Å². The minimum Gasteiger partial charge on any atom is -0.299 e. The molecule has 17 heavy (non-hydrogen) atoms. The summed E-state index contributed by atoms with van der Waals surface area (Å²) in [6.45, 7) is 4.27. The van der Waals surface area contributed by atoms with Gasteiger partial charge in [-0.2, -0.15) is 0 Å². The Morgan fingerprint density at radius 2 is 2.12 bits per heavy atom. The van der Waals surface area contributed by atoms with Gasteiger partial charge in [-0.25, -0.2) is 0 Å². The molecule has 0 aliphatic heterocycles. The molecule has 0 radical (unpaired) electrons. The molecule has 3 atom stereocenters. The second-order valence-corrected chi connectivity index (χ2v) is 6.02. The Morgan fingerprint density at radius 1 is 1.35 bits per heavy atom. The first kappa shape index (κ1) is 11.0. The van der Waals surface area contributed by atoms with Crippen LogP contribution in [0.1, 0.15) is 43.7 Å². The van der Waals surface area contributed by atoms with Crippen LogP contribution in [-0.4, -0.2) is 5.78 Å². The van der Waals surface area contributed by atoms with Crippen LogP contribution >= 0.6 is 0 Å². The molecule has 1 aromatic rings. The number of carbonyl (C=O) groups is 1. The highest BCUT2D eigenvalue weighted by molar-refractivity contribution is 5.86. The van der Waals surface area contributed by atoms with Crippen molar-refractivity contribution in [1.29, 1.82) is 0 Å². The van der Waals surface area contributed by atoms with Gasteiger partial charge in [0.15, 0.2) is 0 Å². The van der Waals surface area contributed by atoms with Gasteiger partial charge in [-0.05, 0) is 41.7 Å². The van der Waals surface area contributed by atoms with Crippen molar-refractivity contribution in [2.24, 2.45) is 17.8 Å². The van der Waals surface area contributed by atoms with Crippen molar-refractivity contribution in [2.75, 3.05) is 0 Å². The fourth-order valence-electron chi connectivity index (χ4n) is 3.54. The minimum absolute atomic E-state index is 0.348. The Bertz CT molecular complexity index is 447. The summed E-state index contributed by atoms with van der Waals surface area (Å²) in [5.41, 5.74) is 2.94. The third kappa shape index (κ3) is 1.82. The first-order valence-electron chi connectivity index (χ1n) is 6.79. The zero-order chi connectivity index (χ0) is 12.0. The molecule has 0 N–H and O–H groups in total. The van der Waals surface area contributed by atoms with Gasteiger partial charge < -0.3 is 0 Å². The SMILES string of the molecule is CC(C)CC(=O)C1C2CCc3ccccc3C21. The maximum atomic E-state index is 12.2. The summed E-state index contributed by atoms with van der Waals surface area (Å²) >= 11 is 0. The standard InChI is InChI=1S/C16H20O/c1-10(2)9-14(17)16-13-8-7-11-5-3-4-6-12(11)15(13)16/h3-6,10,13,15-16H,7-9H2,1-2H3. The van der Waals surface area contributed by atoms with Crippen molar-refractivity contribution < 1.29 is 4.79 Å². The fraction of sp³-hybridized carbons (Fsp3) is 0.562. The Kier molecular flexibility index (Phi) is 2.57. The summed E-state index contributed by atoms with van der Waals surface area (Å²) in [5, 5.41) is 0. The molecule has 1 saturated carbocycles. The van der Waals surface area contributed by atoms with Crippen molar-refractivity contribution >= 4 is 5.78 Å². The van der Waals surface area contributed by atoms with Gasteiger partial charge in [0.1, 0.15) is 5.78 Å². The van der Waals surface area contributed by atoms with Crippen LogP contribution in [0.2, 0.25) is 0 Å². The van der Waals surface area contributed by atoms with Gasteiger partial charge in [-0.3, -0.25) is 4.79 Å². The van der Waals surface area contributed by atoms with E-state index in [4.69, 9.17) is 0 Å². The van der Waals surface area contributed by atoms with Gasteiger partial charge in [-0.15, -0.1) is 0 Å². The molecule has 0 amide bonds. The van der Waals surface area contributed by atoms with Crippen LogP contribution in [0.25, 0.3) is 0 Å². The van der Waals surface area contributed by atoms with E-state index in [0.29, 0.717) is 29.5 Å². The molecule has 3 unspecified atom stereocenters. The summed E-state index contributed by atoms with van der Waals surface area (Å²) in [4.78, 5) is 12.2. The molecule has 1 heteroatoms. The molecule has 1 aromatic carbocycles. The average molecular weight is 228 g/mol. The highest BCUT2D eigenvalue weighted by Gasteiger charge is 2.56. The molecule has 0 heterocycles. The first-order chi connectivity index (χ1) is 8.18. The van der Waals surface area contributed by atoms with E-state index in [2.05, 4.69) is 38.1 Å². The number of ketones is 1. The zero-order valence-corrected chi connectivity index (χ0v) is 10.6. The van der Waals surface area contributed by atoms with E-state index >= 15 is 0 Å². The Morgan fingerprint density at radius 3 is 2.88 bits per heavy atom. The summed E-state index contributed by atoms with van der Waals surface area (Å²) in [7, 11) is 0. The third-order valence-corrected chi connectivity index (χ3v) is 4.31. The van der Waals surface area contributed by atoms with Crippen LogP contribution < -0.4 is 0 Å². The molecule has 0 saturated heterocycles. The lowest BCUT2D eigenvalue weighted by Crippen LogP contribution is -2.06. The number of hydrogen-bond acceptors (Lipinski definition) is 1. The predicted octanol–water partition coefficient (Wildman–Crippen LogP) is 3.58. The number of rotatable bonds is 3. The summed E-state index contributed by atoms with van der Waals surface area (Å²) in [6, 6.07) is 8.69. The lowest BCUT2D eigenvalue weighted by atomic mass is 9.92. The number of fused-ring (bicyclic) bond motifs is 3. The van der Waals surface area contributed by atoms with Crippen LogP contribution in [-0.2, 0) is 11.2 Å². The van der Waals surface area contributed by atoms with Gasteiger partial charge in [0, 0.05) is 12.3 Å². The highest BCUT2D eigenvalue weighted by Crippen LogP contribution is 2.60. The number of hydrogen-bond donors (Lipinski definition) is 0. The summed E-state index contributed by atoms with van der Waals surface area (Å²) in [5.74, 6) is 2.58. The molecule has 2 aliphatic rings. The van der Waals surface area contributed by atoms with Crippen LogP contribution in [0.4, 0.5) is 0 Å². The topological polar surface area (TPSA) is 17.1 Å². The average Bonchev–Trinajstić information content (AvgIpc) is 3.02. The van der Waals surface area contributed by atoms with Crippen LogP contribution in [0.15, 0.2) is 24.3 Å². The van der Waals surface area contributed by atoms with Gasteiger partial charge in [0.2, 0.25) is 0 Å². The minimum atomic E-state index is 0.348. The van der Waals surface area contributed by atoms with Crippen LogP contribution in [0.5, 0.6) is 0 Å². The molecule has 2 aliphatic carbocycles. The Balaban J connectivity index is 1.80. The molecular weight excluding hydrogens is 208 g/mol. The summed E-state index contributed by atoms with van der Waals surface area (Å²) < 4.78 is 0. The lowest BCUT2D eigenvalue weighted by Gasteiger charge is -2.13. The highest BCUT2D eigenvalue weighted by atomic mass is 16.1. The molecule has 0 aromatic heterocycles. The molecule has 1 fully saturated rings. The van der Waals surface area contributed by atoms with Crippen molar-refractivity contribution in [3.63, 3.8) is 0 Å². The maximum Gasteiger partial charge on any atom is 0.137 e. The number of benzene rings is 1. The van der Waals surface area contributed by atoms with E-state index in [1.165, 1.54) is 24.0 Å². The van der Waals surface area contributed by atoms with Crippen molar-refractivity contribution in [3.05, 3.63) is 35.4 Å².